The second kappa shape index (κ2) is 6.55. The van der Waals surface area contributed by atoms with E-state index in [1.165, 1.54) is 7.11 Å². The third-order valence-corrected chi connectivity index (χ3v) is 2.59. The maximum Gasteiger partial charge on any atom is 0.406 e. The molecule has 7 heteroatoms. The molecule has 0 saturated heterocycles. The summed E-state index contributed by atoms with van der Waals surface area (Å²) in [5.41, 5.74) is 0.806. The van der Waals surface area contributed by atoms with Crippen LogP contribution in [0.15, 0.2) is 28.8 Å². The van der Waals surface area contributed by atoms with Gasteiger partial charge in [-0.2, -0.15) is 4.98 Å². The molecule has 20 heavy (non-hydrogen) atoms. The van der Waals surface area contributed by atoms with Crippen LogP contribution in [0.2, 0.25) is 0 Å². The molecule has 2 aromatic rings. The molecule has 0 unspecified atom stereocenters. The van der Waals surface area contributed by atoms with Crippen molar-refractivity contribution in [2.75, 3.05) is 20.8 Å². The monoisotopic (exact) mass is 277 g/mol. The minimum atomic E-state index is -0.488. The molecule has 0 spiro atoms. The quantitative estimate of drug-likeness (QED) is 0.894. The normalized spacial score (nSPS) is 10.1. The summed E-state index contributed by atoms with van der Waals surface area (Å²) in [5.74, 6) is 1.65. The molecule has 1 aromatic carbocycles. The summed E-state index contributed by atoms with van der Waals surface area (Å²) in [5, 5.41) is 6.43. The molecule has 7 nitrogen and oxygen atoms in total. The third-order valence-electron chi connectivity index (χ3n) is 2.59. The first-order valence-electron chi connectivity index (χ1n) is 6.01. The van der Waals surface area contributed by atoms with Crippen LogP contribution in [-0.2, 0) is 11.2 Å². The van der Waals surface area contributed by atoms with Gasteiger partial charge in [0.2, 0.25) is 11.7 Å². The molecular weight excluding hydrogens is 262 g/mol. The lowest BCUT2D eigenvalue weighted by Gasteiger charge is -2.00. The number of amides is 1. The number of rotatable bonds is 5. The van der Waals surface area contributed by atoms with Crippen LogP contribution in [0.3, 0.4) is 0 Å². The van der Waals surface area contributed by atoms with Crippen LogP contribution < -0.4 is 10.1 Å². The smallest absolute Gasteiger partial charge is 0.406 e. The maximum atomic E-state index is 10.9. The number of nitrogens with one attached hydrogen (secondary N) is 1. The summed E-state index contributed by atoms with van der Waals surface area (Å²) >= 11 is 0. The van der Waals surface area contributed by atoms with E-state index in [1.54, 1.807) is 7.11 Å². The van der Waals surface area contributed by atoms with Crippen LogP contribution in [0.5, 0.6) is 5.75 Å². The highest BCUT2D eigenvalue weighted by atomic mass is 16.5. The summed E-state index contributed by atoms with van der Waals surface area (Å²) in [6, 6.07) is 7.37. The van der Waals surface area contributed by atoms with Gasteiger partial charge in [-0.15, -0.1) is 0 Å². The van der Waals surface area contributed by atoms with Crippen LogP contribution in [0.25, 0.3) is 11.4 Å². The van der Waals surface area contributed by atoms with Crippen molar-refractivity contribution < 1.29 is 18.8 Å². The Morgan fingerprint density at radius 1 is 1.40 bits per heavy atom. The number of methoxy groups -OCH3 is 2. The Morgan fingerprint density at radius 3 is 3.00 bits per heavy atom. The van der Waals surface area contributed by atoms with Crippen LogP contribution in [-0.4, -0.2) is 37.0 Å². The number of ether oxygens (including phenoxy) is 2. The highest BCUT2D eigenvalue weighted by Crippen LogP contribution is 2.21. The maximum absolute atomic E-state index is 10.9. The fourth-order valence-electron chi connectivity index (χ4n) is 1.58. The molecule has 106 valence electrons. The second-order valence-corrected chi connectivity index (χ2v) is 3.91. The average Bonchev–Trinajstić information content (AvgIpc) is 2.96. The fourth-order valence-corrected chi connectivity index (χ4v) is 1.58. The minimum absolute atomic E-state index is 0.367. The van der Waals surface area contributed by atoms with E-state index >= 15 is 0 Å². The molecule has 0 fully saturated rings. The van der Waals surface area contributed by atoms with Gasteiger partial charge in [-0.3, -0.25) is 0 Å². The predicted octanol–water partition coefficient (Wildman–Crippen LogP) is 1.64. The molecule has 1 heterocycles. The SMILES string of the molecule is COC(=O)NCCc1nc(-c2cccc(OC)c2)no1. The van der Waals surface area contributed by atoms with E-state index < -0.39 is 6.09 Å². The molecule has 2 rings (SSSR count). The van der Waals surface area contributed by atoms with Crippen molar-refractivity contribution in [3.05, 3.63) is 30.2 Å². The summed E-state index contributed by atoms with van der Waals surface area (Å²) in [6.45, 7) is 0.367. The van der Waals surface area contributed by atoms with E-state index in [0.717, 1.165) is 11.3 Å². The highest BCUT2D eigenvalue weighted by molar-refractivity contribution is 5.66. The number of alkyl carbamates (subject to hydrolysis) is 1. The van der Waals surface area contributed by atoms with Gasteiger partial charge in [-0.25, -0.2) is 4.79 Å². The minimum Gasteiger partial charge on any atom is -0.497 e. The van der Waals surface area contributed by atoms with E-state index in [9.17, 15) is 4.79 Å². The van der Waals surface area contributed by atoms with Crippen LogP contribution >= 0.6 is 0 Å². The number of hydrogen-bond acceptors (Lipinski definition) is 6. The number of aromatic nitrogens is 2. The van der Waals surface area contributed by atoms with E-state index in [2.05, 4.69) is 20.2 Å². The molecule has 0 bridgehead atoms. The lowest BCUT2D eigenvalue weighted by atomic mass is 10.2. The van der Waals surface area contributed by atoms with Gasteiger partial charge in [0.15, 0.2) is 0 Å². The molecule has 0 saturated carbocycles. The summed E-state index contributed by atoms with van der Waals surface area (Å²) in [7, 11) is 2.90. The zero-order chi connectivity index (χ0) is 14.4. The standard InChI is InChI=1S/C13H15N3O4/c1-18-10-5-3-4-9(8-10)12-15-11(20-16-12)6-7-14-13(17)19-2/h3-5,8H,6-7H2,1-2H3,(H,14,17). The Balaban J connectivity index is 1.99. The van der Waals surface area contributed by atoms with Gasteiger partial charge >= 0.3 is 6.09 Å². The molecule has 0 aliphatic carbocycles. The predicted molar refractivity (Wildman–Crippen MR) is 70.4 cm³/mol. The lowest BCUT2D eigenvalue weighted by Crippen LogP contribution is -2.25. The van der Waals surface area contributed by atoms with Crippen molar-refractivity contribution in [2.24, 2.45) is 0 Å². The van der Waals surface area contributed by atoms with Crippen LogP contribution in [0, 0.1) is 0 Å². The zero-order valence-electron chi connectivity index (χ0n) is 11.3. The fraction of sp³-hybridized carbons (Fsp3) is 0.308. The highest BCUT2D eigenvalue weighted by Gasteiger charge is 2.09. The van der Waals surface area contributed by atoms with Gasteiger partial charge < -0.3 is 19.3 Å². The Hall–Kier alpha value is -2.57. The molecule has 0 aliphatic heterocycles. The van der Waals surface area contributed by atoms with E-state index in [1.807, 2.05) is 24.3 Å². The van der Waals surface area contributed by atoms with Crippen molar-refractivity contribution in [3.8, 4) is 17.1 Å². The lowest BCUT2D eigenvalue weighted by molar-refractivity contribution is 0.171. The van der Waals surface area contributed by atoms with Gasteiger partial charge in [-0.05, 0) is 12.1 Å². The topological polar surface area (TPSA) is 86.5 Å². The largest absolute Gasteiger partial charge is 0.497 e. The summed E-state index contributed by atoms with van der Waals surface area (Å²) < 4.78 is 14.7. The molecule has 0 aliphatic rings. The molecule has 1 aromatic heterocycles. The Morgan fingerprint density at radius 2 is 2.25 bits per heavy atom. The number of carbonyl (C=O) groups is 1. The Kier molecular flexibility index (Phi) is 4.54. The van der Waals surface area contributed by atoms with Crippen molar-refractivity contribution >= 4 is 6.09 Å². The number of carbonyl (C=O) groups excluding carboxylic acids is 1. The molecule has 0 radical (unpaired) electrons. The number of nitrogens with zero attached hydrogens (tertiary/aromatic N) is 2. The van der Waals surface area contributed by atoms with Gasteiger partial charge in [-0.1, -0.05) is 17.3 Å². The first-order valence-corrected chi connectivity index (χ1v) is 6.01. The van der Waals surface area contributed by atoms with Gasteiger partial charge in [0.1, 0.15) is 5.75 Å². The van der Waals surface area contributed by atoms with E-state index in [0.29, 0.717) is 24.7 Å². The van der Waals surface area contributed by atoms with Crippen LogP contribution in [0.1, 0.15) is 5.89 Å². The van der Waals surface area contributed by atoms with Gasteiger partial charge in [0.25, 0.3) is 0 Å². The average molecular weight is 277 g/mol. The molecule has 1 amide bonds. The number of benzene rings is 1. The first kappa shape index (κ1) is 13.9. The van der Waals surface area contributed by atoms with Crippen molar-refractivity contribution in [1.29, 1.82) is 0 Å². The van der Waals surface area contributed by atoms with E-state index in [4.69, 9.17) is 9.26 Å². The van der Waals surface area contributed by atoms with Crippen molar-refractivity contribution in [2.45, 2.75) is 6.42 Å². The van der Waals surface area contributed by atoms with Gasteiger partial charge in [0.05, 0.1) is 14.2 Å². The summed E-state index contributed by atoms with van der Waals surface area (Å²) in [6.07, 6.45) is -0.0518. The Bertz CT molecular complexity index is 583. The first-order chi connectivity index (χ1) is 9.72. The Labute approximate surface area is 115 Å². The molecule has 1 N–H and O–H groups in total. The molecular formula is C13H15N3O4. The van der Waals surface area contributed by atoms with Crippen molar-refractivity contribution in [3.63, 3.8) is 0 Å². The van der Waals surface area contributed by atoms with E-state index in [-0.39, 0.29) is 0 Å². The third kappa shape index (κ3) is 3.47. The van der Waals surface area contributed by atoms with Crippen LogP contribution in [0.4, 0.5) is 4.79 Å². The second-order valence-electron chi connectivity index (χ2n) is 3.91. The van der Waals surface area contributed by atoms with Gasteiger partial charge in [0, 0.05) is 18.5 Å². The zero-order valence-corrected chi connectivity index (χ0v) is 11.3. The summed E-state index contributed by atoms with van der Waals surface area (Å²) in [4.78, 5) is 15.1. The molecule has 0 atom stereocenters. The van der Waals surface area contributed by atoms with Crippen molar-refractivity contribution in [1.82, 2.24) is 15.5 Å². The number of hydrogen-bond donors (Lipinski definition) is 1.